The molecule has 84 valence electrons. The third-order valence-electron chi connectivity index (χ3n) is 2.39. The minimum Gasteiger partial charge on any atom is -0.496 e. The summed E-state index contributed by atoms with van der Waals surface area (Å²) in [6.07, 6.45) is 2.42. The van der Waals surface area contributed by atoms with Gasteiger partial charge in [-0.15, -0.1) is 0 Å². The minimum atomic E-state index is -0.130. The van der Waals surface area contributed by atoms with Crippen molar-refractivity contribution in [3.8, 4) is 5.75 Å². The van der Waals surface area contributed by atoms with E-state index >= 15 is 0 Å². The van der Waals surface area contributed by atoms with Gasteiger partial charge in [-0.3, -0.25) is 0 Å². The molecular formula is C11H13N3OS. The molecule has 1 heterocycles. The lowest BCUT2D eigenvalue weighted by atomic mass is 10.0. The van der Waals surface area contributed by atoms with Gasteiger partial charge in [0.25, 0.3) is 0 Å². The fourth-order valence-electron chi connectivity index (χ4n) is 1.55. The first-order chi connectivity index (χ1) is 7.81. The number of aromatic nitrogens is 2. The fourth-order valence-corrected chi connectivity index (χ4v) is 2.03. The second-order valence-electron chi connectivity index (χ2n) is 3.45. The number of hydrogen-bond acceptors (Lipinski definition) is 5. The third kappa shape index (κ3) is 2.37. The molecule has 0 fully saturated rings. The Hall–Kier alpha value is -1.46. The Labute approximate surface area is 98.4 Å². The molecular weight excluding hydrogens is 222 g/mol. The maximum absolute atomic E-state index is 6.04. The van der Waals surface area contributed by atoms with Gasteiger partial charge in [0, 0.05) is 0 Å². The van der Waals surface area contributed by atoms with Crippen LogP contribution in [-0.2, 0) is 6.42 Å². The average molecular weight is 235 g/mol. The number of benzene rings is 1. The summed E-state index contributed by atoms with van der Waals surface area (Å²) >= 11 is 1.18. The third-order valence-corrected chi connectivity index (χ3v) is 2.88. The van der Waals surface area contributed by atoms with Gasteiger partial charge in [0.05, 0.1) is 36.8 Å². The van der Waals surface area contributed by atoms with Gasteiger partial charge >= 0.3 is 0 Å². The van der Waals surface area contributed by atoms with Gasteiger partial charge in [0.1, 0.15) is 5.75 Å². The van der Waals surface area contributed by atoms with Crippen molar-refractivity contribution in [1.82, 2.24) is 8.75 Å². The number of nitrogens with two attached hydrogens (primary N) is 1. The number of para-hydroxylation sites is 1. The molecule has 16 heavy (non-hydrogen) atoms. The van der Waals surface area contributed by atoms with Crippen molar-refractivity contribution in [2.45, 2.75) is 12.5 Å². The molecule has 0 saturated carbocycles. The first-order valence-corrected chi connectivity index (χ1v) is 5.69. The summed E-state index contributed by atoms with van der Waals surface area (Å²) in [5.74, 6) is 0.862. The van der Waals surface area contributed by atoms with Crippen molar-refractivity contribution >= 4 is 11.7 Å². The van der Waals surface area contributed by atoms with E-state index in [0.717, 1.165) is 17.0 Å². The van der Waals surface area contributed by atoms with Gasteiger partial charge in [-0.25, -0.2) is 0 Å². The molecule has 2 N–H and O–H groups in total. The summed E-state index contributed by atoms with van der Waals surface area (Å²) in [7, 11) is 1.66. The molecule has 0 amide bonds. The van der Waals surface area contributed by atoms with E-state index in [2.05, 4.69) is 8.75 Å². The maximum atomic E-state index is 6.04. The highest BCUT2D eigenvalue weighted by Gasteiger charge is 2.12. The van der Waals surface area contributed by atoms with Crippen LogP contribution in [0.25, 0.3) is 0 Å². The van der Waals surface area contributed by atoms with Crippen molar-refractivity contribution in [2.24, 2.45) is 5.73 Å². The minimum absolute atomic E-state index is 0.130. The van der Waals surface area contributed by atoms with Crippen molar-refractivity contribution in [1.29, 1.82) is 0 Å². The fraction of sp³-hybridized carbons (Fsp3) is 0.273. The van der Waals surface area contributed by atoms with Crippen LogP contribution in [0, 0.1) is 0 Å². The van der Waals surface area contributed by atoms with E-state index in [9.17, 15) is 0 Å². The molecule has 1 aromatic carbocycles. The smallest absolute Gasteiger partial charge is 0.122 e. The average Bonchev–Trinajstić information content (AvgIpc) is 2.83. The molecule has 0 bridgehead atoms. The molecule has 4 nitrogen and oxygen atoms in total. The molecule has 0 saturated heterocycles. The zero-order valence-corrected chi connectivity index (χ0v) is 9.78. The Kier molecular flexibility index (Phi) is 3.48. The molecule has 1 atom stereocenters. The topological polar surface area (TPSA) is 61.0 Å². The van der Waals surface area contributed by atoms with Crippen LogP contribution in [0.5, 0.6) is 5.75 Å². The van der Waals surface area contributed by atoms with Crippen molar-refractivity contribution in [3.05, 3.63) is 41.7 Å². The van der Waals surface area contributed by atoms with E-state index in [-0.39, 0.29) is 6.04 Å². The van der Waals surface area contributed by atoms with Gasteiger partial charge in [0.2, 0.25) is 0 Å². The van der Waals surface area contributed by atoms with Crippen molar-refractivity contribution in [3.63, 3.8) is 0 Å². The first kappa shape index (κ1) is 11.0. The highest BCUT2D eigenvalue weighted by molar-refractivity contribution is 6.99. The summed E-state index contributed by atoms with van der Waals surface area (Å²) in [4.78, 5) is 0. The second-order valence-corrected chi connectivity index (χ2v) is 4.01. The molecule has 2 rings (SSSR count). The molecule has 0 spiro atoms. The standard InChI is InChI=1S/C11H13N3OS/c1-15-11-5-3-2-4-8(11)6-9(12)10-7-13-16-14-10/h2-5,7,9H,6,12H2,1H3. The van der Waals surface area contributed by atoms with E-state index < -0.39 is 0 Å². The number of methoxy groups -OCH3 is 1. The second kappa shape index (κ2) is 5.05. The number of ether oxygens (including phenoxy) is 1. The number of hydrogen-bond donors (Lipinski definition) is 1. The van der Waals surface area contributed by atoms with Crippen LogP contribution >= 0.6 is 11.7 Å². The lowest BCUT2D eigenvalue weighted by Gasteiger charge is -2.11. The quantitative estimate of drug-likeness (QED) is 0.877. The molecule has 5 heteroatoms. The summed E-state index contributed by atoms with van der Waals surface area (Å²) in [5.41, 5.74) is 7.96. The monoisotopic (exact) mass is 235 g/mol. The van der Waals surface area contributed by atoms with Crippen LogP contribution in [-0.4, -0.2) is 15.9 Å². The predicted molar refractivity (Wildman–Crippen MR) is 63.5 cm³/mol. The summed E-state index contributed by atoms with van der Waals surface area (Å²) in [6.45, 7) is 0. The molecule has 1 unspecified atom stereocenters. The van der Waals surface area contributed by atoms with Gasteiger partial charge in [-0.2, -0.15) is 8.75 Å². The summed E-state index contributed by atoms with van der Waals surface area (Å²) in [5, 5.41) is 0. The largest absolute Gasteiger partial charge is 0.496 e. The first-order valence-electron chi connectivity index (χ1n) is 4.96. The lowest BCUT2D eigenvalue weighted by Crippen LogP contribution is -2.14. The van der Waals surface area contributed by atoms with E-state index in [4.69, 9.17) is 10.5 Å². The van der Waals surface area contributed by atoms with Gasteiger partial charge in [-0.05, 0) is 18.1 Å². The van der Waals surface area contributed by atoms with Crippen molar-refractivity contribution in [2.75, 3.05) is 7.11 Å². The zero-order valence-electron chi connectivity index (χ0n) is 8.96. The zero-order chi connectivity index (χ0) is 11.4. The Morgan fingerprint density at radius 3 is 2.94 bits per heavy atom. The highest BCUT2D eigenvalue weighted by atomic mass is 32.1. The molecule has 0 radical (unpaired) electrons. The van der Waals surface area contributed by atoms with Crippen molar-refractivity contribution < 1.29 is 4.74 Å². The molecule has 0 aliphatic carbocycles. The Balaban J connectivity index is 2.14. The predicted octanol–water partition coefficient (Wildman–Crippen LogP) is 1.79. The van der Waals surface area contributed by atoms with Crippen LogP contribution in [0.4, 0.5) is 0 Å². The Morgan fingerprint density at radius 2 is 2.25 bits per heavy atom. The SMILES string of the molecule is COc1ccccc1CC(N)c1cnsn1. The van der Waals surface area contributed by atoms with Crippen LogP contribution in [0.1, 0.15) is 17.3 Å². The van der Waals surface area contributed by atoms with Crippen LogP contribution in [0.2, 0.25) is 0 Å². The molecule has 0 aliphatic rings. The van der Waals surface area contributed by atoms with Crippen LogP contribution < -0.4 is 10.5 Å². The van der Waals surface area contributed by atoms with Gasteiger partial charge in [0.15, 0.2) is 0 Å². The van der Waals surface area contributed by atoms with E-state index in [0.29, 0.717) is 6.42 Å². The molecule has 0 aliphatic heterocycles. The van der Waals surface area contributed by atoms with Crippen LogP contribution in [0.15, 0.2) is 30.5 Å². The lowest BCUT2D eigenvalue weighted by molar-refractivity contribution is 0.408. The van der Waals surface area contributed by atoms with Gasteiger partial charge in [-0.1, -0.05) is 18.2 Å². The van der Waals surface area contributed by atoms with E-state index in [1.54, 1.807) is 13.3 Å². The Morgan fingerprint density at radius 1 is 1.44 bits per heavy atom. The van der Waals surface area contributed by atoms with E-state index in [1.807, 2.05) is 24.3 Å². The normalized spacial score (nSPS) is 12.4. The summed E-state index contributed by atoms with van der Waals surface area (Å²) < 4.78 is 13.4. The highest BCUT2D eigenvalue weighted by Crippen LogP contribution is 2.22. The molecule has 1 aromatic heterocycles. The number of rotatable bonds is 4. The maximum Gasteiger partial charge on any atom is 0.122 e. The van der Waals surface area contributed by atoms with Crippen LogP contribution in [0.3, 0.4) is 0 Å². The van der Waals surface area contributed by atoms with Gasteiger partial charge < -0.3 is 10.5 Å². The number of nitrogens with zero attached hydrogens (tertiary/aromatic N) is 2. The molecule has 2 aromatic rings. The van der Waals surface area contributed by atoms with E-state index in [1.165, 1.54) is 11.7 Å². The summed E-state index contributed by atoms with van der Waals surface area (Å²) in [6, 6.07) is 7.73. The Bertz CT molecular complexity index is 444.